The Morgan fingerprint density at radius 1 is 1.19 bits per heavy atom. The Balaban J connectivity index is 3.50. The predicted molar refractivity (Wildman–Crippen MR) is 83.3 cm³/mol. The van der Waals surface area contributed by atoms with Gasteiger partial charge in [-0.25, -0.2) is 16.8 Å². The van der Waals surface area contributed by atoms with Crippen LogP contribution in [-0.4, -0.2) is 40.0 Å². The van der Waals surface area contributed by atoms with Gasteiger partial charge in [-0.1, -0.05) is 6.92 Å². The molecule has 0 aliphatic carbocycles. The maximum absolute atomic E-state index is 12.7. The van der Waals surface area contributed by atoms with Crippen molar-refractivity contribution >= 4 is 25.5 Å². The Morgan fingerprint density at radius 2 is 1.76 bits per heavy atom. The Morgan fingerprint density at radius 3 is 2.19 bits per heavy atom. The Hall–Kier alpha value is -1.12. The molecule has 0 spiro atoms. The van der Waals surface area contributed by atoms with Gasteiger partial charge in [0, 0.05) is 18.8 Å². The van der Waals surface area contributed by atoms with Gasteiger partial charge in [0.15, 0.2) is 9.84 Å². The molecule has 120 valence electrons. The minimum atomic E-state index is -3.83. The third-order valence-electron chi connectivity index (χ3n) is 3.02. The first kappa shape index (κ1) is 17.9. The number of sulfone groups is 1. The molecule has 0 aromatic heterocycles. The summed E-state index contributed by atoms with van der Waals surface area (Å²) in [4.78, 5) is -0.219. The molecule has 6 nitrogen and oxygen atoms in total. The summed E-state index contributed by atoms with van der Waals surface area (Å²) in [5.74, 6) is 0. The first-order valence-electron chi connectivity index (χ1n) is 6.63. The van der Waals surface area contributed by atoms with Gasteiger partial charge in [-0.15, -0.1) is 0 Å². The monoisotopic (exact) mass is 334 g/mol. The fraction of sp³-hybridized carbons (Fsp3) is 0.538. The van der Waals surface area contributed by atoms with E-state index >= 15 is 0 Å². The van der Waals surface area contributed by atoms with Crippen molar-refractivity contribution in [3.63, 3.8) is 0 Å². The van der Waals surface area contributed by atoms with Crippen LogP contribution in [0, 0.1) is 0 Å². The fourth-order valence-corrected chi connectivity index (χ4v) is 4.57. The highest BCUT2D eigenvalue weighted by Gasteiger charge is 2.29. The molecular formula is C13H22N2O4S2. The van der Waals surface area contributed by atoms with Crippen LogP contribution in [0.25, 0.3) is 0 Å². The minimum Gasteiger partial charge on any atom is -0.398 e. The normalized spacial score (nSPS) is 13.0. The molecule has 0 atom stereocenters. The second kappa shape index (κ2) is 6.33. The predicted octanol–water partition coefficient (Wildman–Crippen LogP) is 1.48. The molecule has 1 aromatic carbocycles. The molecule has 0 heterocycles. The SMILES string of the molecule is CCCN(C(C)C)S(=O)(=O)c1cc(S(C)(=O)=O)ccc1N. The number of nitrogens with two attached hydrogens (primary N) is 1. The number of rotatable bonds is 6. The van der Waals surface area contributed by atoms with E-state index in [1.807, 2.05) is 6.92 Å². The lowest BCUT2D eigenvalue weighted by atomic mass is 10.3. The number of hydrogen-bond donors (Lipinski definition) is 1. The number of anilines is 1. The number of nitrogens with zero attached hydrogens (tertiary/aromatic N) is 1. The molecule has 0 aliphatic heterocycles. The molecule has 0 radical (unpaired) electrons. The summed E-state index contributed by atoms with van der Waals surface area (Å²) in [5.41, 5.74) is 5.80. The van der Waals surface area contributed by atoms with Crippen LogP contribution in [0.4, 0.5) is 5.69 Å². The minimum absolute atomic E-state index is 0.0455. The van der Waals surface area contributed by atoms with Crippen molar-refractivity contribution < 1.29 is 16.8 Å². The Bertz CT molecular complexity index is 710. The second-order valence-corrected chi connectivity index (χ2v) is 9.06. The van der Waals surface area contributed by atoms with Crippen LogP contribution in [0.2, 0.25) is 0 Å². The van der Waals surface area contributed by atoms with E-state index in [4.69, 9.17) is 5.73 Å². The van der Waals surface area contributed by atoms with Gasteiger partial charge in [0.2, 0.25) is 10.0 Å². The standard InChI is InChI=1S/C13H22N2O4S2/c1-5-8-15(10(2)3)21(18,19)13-9-11(20(4,16)17)6-7-12(13)14/h6-7,9-10H,5,8,14H2,1-4H3. The zero-order valence-corrected chi connectivity index (χ0v) is 14.3. The van der Waals surface area contributed by atoms with E-state index in [9.17, 15) is 16.8 Å². The summed E-state index contributed by atoms with van der Waals surface area (Å²) in [5, 5.41) is 0. The van der Waals surface area contributed by atoms with Crippen molar-refractivity contribution in [3.8, 4) is 0 Å². The summed E-state index contributed by atoms with van der Waals surface area (Å²) in [6, 6.07) is 3.51. The first-order chi connectivity index (χ1) is 9.51. The highest BCUT2D eigenvalue weighted by molar-refractivity contribution is 7.91. The average Bonchev–Trinajstić information content (AvgIpc) is 2.34. The summed E-state index contributed by atoms with van der Waals surface area (Å²) in [7, 11) is -7.33. The molecule has 0 saturated heterocycles. The number of hydrogen-bond acceptors (Lipinski definition) is 5. The van der Waals surface area contributed by atoms with Gasteiger partial charge in [0.1, 0.15) is 4.90 Å². The topological polar surface area (TPSA) is 97.5 Å². The van der Waals surface area contributed by atoms with Crippen LogP contribution < -0.4 is 5.73 Å². The lowest BCUT2D eigenvalue weighted by molar-refractivity contribution is 0.354. The highest BCUT2D eigenvalue weighted by atomic mass is 32.2. The van der Waals surface area contributed by atoms with Crippen LogP contribution >= 0.6 is 0 Å². The molecule has 8 heteroatoms. The van der Waals surface area contributed by atoms with E-state index < -0.39 is 19.9 Å². The van der Waals surface area contributed by atoms with E-state index in [0.717, 1.165) is 12.3 Å². The Kier molecular flexibility index (Phi) is 5.40. The van der Waals surface area contributed by atoms with Crippen molar-refractivity contribution in [2.75, 3.05) is 18.5 Å². The lowest BCUT2D eigenvalue weighted by Gasteiger charge is -2.26. The van der Waals surface area contributed by atoms with Gasteiger partial charge < -0.3 is 5.73 Å². The van der Waals surface area contributed by atoms with Crippen molar-refractivity contribution in [1.82, 2.24) is 4.31 Å². The quantitative estimate of drug-likeness (QED) is 0.795. The van der Waals surface area contributed by atoms with E-state index in [-0.39, 0.29) is 21.5 Å². The molecular weight excluding hydrogens is 312 g/mol. The molecule has 0 amide bonds. The average molecular weight is 334 g/mol. The summed E-state index contributed by atoms with van der Waals surface area (Å²) in [6.45, 7) is 5.76. The van der Waals surface area contributed by atoms with E-state index in [0.29, 0.717) is 13.0 Å². The third kappa shape index (κ3) is 3.96. The fourth-order valence-electron chi connectivity index (χ4n) is 1.97. The molecule has 0 saturated carbocycles. The van der Waals surface area contributed by atoms with Crippen LogP contribution in [-0.2, 0) is 19.9 Å². The molecule has 1 rings (SSSR count). The maximum Gasteiger partial charge on any atom is 0.245 e. The van der Waals surface area contributed by atoms with Crippen molar-refractivity contribution in [2.45, 2.75) is 43.0 Å². The van der Waals surface area contributed by atoms with E-state index in [2.05, 4.69) is 0 Å². The van der Waals surface area contributed by atoms with Crippen molar-refractivity contribution in [1.29, 1.82) is 0 Å². The van der Waals surface area contributed by atoms with E-state index in [1.165, 1.54) is 16.4 Å². The van der Waals surface area contributed by atoms with Gasteiger partial charge in [-0.3, -0.25) is 0 Å². The van der Waals surface area contributed by atoms with Gasteiger partial charge in [0.25, 0.3) is 0 Å². The van der Waals surface area contributed by atoms with Gasteiger partial charge in [0.05, 0.1) is 10.6 Å². The van der Waals surface area contributed by atoms with Crippen LogP contribution in [0.3, 0.4) is 0 Å². The van der Waals surface area contributed by atoms with Gasteiger partial charge in [-0.05, 0) is 38.5 Å². The second-order valence-electron chi connectivity index (χ2n) is 5.18. The molecule has 0 fully saturated rings. The number of nitrogen functional groups attached to an aromatic ring is 1. The van der Waals surface area contributed by atoms with Crippen LogP contribution in [0.1, 0.15) is 27.2 Å². The summed E-state index contributed by atoms with van der Waals surface area (Å²) >= 11 is 0. The molecule has 21 heavy (non-hydrogen) atoms. The first-order valence-corrected chi connectivity index (χ1v) is 9.96. The van der Waals surface area contributed by atoms with Crippen molar-refractivity contribution in [2.24, 2.45) is 0 Å². The lowest BCUT2D eigenvalue weighted by Crippen LogP contribution is -2.37. The molecule has 0 unspecified atom stereocenters. The smallest absolute Gasteiger partial charge is 0.245 e. The zero-order chi connectivity index (χ0) is 16.4. The third-order valence-corrected chi connectivity index (χ3v) is 6.26. The zero-order valence-electron chi connectivity index (χ0n) is 12.7. The summed E-state index contributed by atoms with van der Waals surface area (Å²) in [6.07, 6.45) is 1.68. The molecule has 0 bridgehead atoms. The highest BCUT2D eigenvalue weighted by Crippen LogP contribution is 2.27. The maximum atomic E-state index is 12.7. The molecule has 0 aliphatic rings. The number of benzene rings is 1. The van der Waals surface area contributed by atoms with Gasteiger partial charge in [-0.2, -0.15) is 4.31 Å². The molecule has 1 aromatic rings. The summed E-state index contributed by atoms with van der Waals surface area (Å²) < 4.78 is 50.0. The number of sulfonamides is 1. The Labute approximate surface area is 126 Å². The molecule has 2 N–H and O–H groups in total. The largest absolute Gasteiger partial charge is 0.398 e. The van der Waals surface area contributed by atoms with Crippen LogP contribution in [0.15, 0.2) is 28.0 Å². The van der Waals surface area contributed by atoms with E-state index in [1.54, 1.807) is 13.8 Å². The van der Waals surface area contributed by atoms with Gasteiger partial charge >= 0.3 is 0 Å². The van der Waals surface area contributed by atoms with Crippen molar-refractivity contribution in [3.05, 3.63) is 18.2 Å². The van der Waals surface area contributed by atoms with Crippen LogP contribution in [0.5, 0.6) is 0 Å².